The molecule has 1 aromatic carbocycles. The maximum Gasteiger partial charge on any atom is 0.124 e. The van der Waals surface area contributed by atoms with Gasteiger partial charge < -0.3 is 10.1 Å². The van der Waals surface area contributed by atoms with Gasteiger partial charge in [0, 0.05) is 17.3 Å². The Bertz CT molecular complexity index is 768. The molecule has 0 bridgehead atoms. The summed E-state index contributed by atoms with van der Waals surface area (Å²) in [5.74, 6) is 5.65. The van der Waals surface area contributed by atoms with Gasteiger partial charge in [-0.3, -0.25) is 4.98 Å². The van der Waals surface area contributed by atoms with Crippen molar-refractivity contribution in [2.75, 3.05) is 13.2 Å². The fourth-order valence-electron chi connectivity index (χ4n) is 2.18. The van der Waals surface area contributed by atoms with Crippen LogP contribution in [0.25, 0.3) is 5.70 Å². The molecule has 23 heavy (non-hydrogen) atoms. The van der Waals surface area contributed by atoms with Crippen molar-refractivity contribution in [1.82, 2.24) is 10.3 Å². The summed E-state index contributed by atoms with van der Waals surface area (Å²) in [5, 5.41) is 3.40. The van der Waals surface area contributed by atoms with Crippen molar-refractivity contribution in [1.29, 1.82) is 0 Å². The zero-order valence-electron chi connectivity index (χ0n) is 12.8. The van der Waals surface area contributed by atoms with Gasteiger partial charge in [0.15, 0.2) is 0 Å². The summed E-state index contributed by atoms with van der Waals surface area (Å²) in [6.07, 6.45) is 3.73. The third kappa shape index (κ3) is 3.97. The van der Waals surface area contributed by atoms with E-state index in [1.54, 1.807) is 18.3 Å². The minimum atomic E-state index is -0.283. The van der Waals surface area contributed by atoms with E-state index in [-0.39, 0.29) is 5.82 Å². The molecule has 2 heterocycles. The number of allylic oxidation sites excluding steroid dienone is 1. The average Bonchev–Trinajstić information content (AvgIpc) is 2.53. The summed E-state index contributed by atoms with van der Waals surface area (Å²) in [5.41, 5.74) is 3.30. The van der Waals surface area contributed by atoms with Gasteiger partial charge in [0.1, 0.15) is 5.82 Å². The molecule has 0 spiro atoms. The van der Waals surface area contributed by atoms with Gasteiger partial charge in [-0.25, -0.2) is 4.39 Å². The molecule has 0 radical (unpaired) electrons. The second-order valence-electron chi connectivity index (χ2n) is 5.27. The van der Waals surface area contributed by atoms with Crippen LogP contribution in [0.5, 0.6) is 0 Å². The van der Waals surface area contributed by atoms with Gasteiger partial charge >= 0.3 is 0 Å². The van der Waals surface area contributed by atoms with E-state index in [0.29, 0.717) is 11.6 Å². The number of hydrogen-bond acceptors (Lipinski definition) is 3. The molecule has 1 saturated heterocycles. The molecule has 116 valence electrons. The summed E-state index contributed by atoms with van der Waals surface area (Å²) >= 11 is 0. The highest BCUT2D eigenvalue weighted by Gasteiger charge is 2.19. The first-order valence-electron chi connectivity index (χ1n) is 7.49. The lowest BCUT2D eigenvalue weighted by atomic mass is 10.1. The fourth-order valence-corrected chi connectivity index (χ4v) is 2.18. The van der Waals surface area contributed by atoms with Gasteiger partial charge in [-0.05, 0) is 37.3 Å². The molecule has 2 aromatic rings. The summed E-state index contributed by atoms with van der Waals surface area (Å²) in [4.78, 5) is 4.44. The first-order valence-corrected chi connectivity index (χ1v) is 7.49. The van der Waals surface area contributed by atoms with Gasteiger partial charge in [-0.15, -0.1) is 0 Å². The molecule has 0 amide bonds. The van der Waals surface area contributed by atoms with E-state index in [4.69, 9.17) is 4.74 Å². The van der Waals surface area contributed by atoms with Gasteiger partial charge in [-0.1, -0.05) is 24.0 Å². The van der Waals surface area contributed by atoms with Crippen LogP contribution in [0.15, 0.2) is 48.7 Å². The largest absolute Gasteiger partial charge is 0.377 e. The topological polar surface area (TPSA) is 34.1 Å². The molecule has 1 aliphatic rings. The van der Waals surface area contributed by atoms with Crippen LogP contribution in [0.4, 0.5) is 4.39 Å². The van der Waals surface area contributed by atoms with Crippen LogP contribution in [0, 0.1) is 17.7 Å². The van der Waals surface area contributed by atoms with E-state index in [9.17, 15) is 4.39 Å². The molecule has 4 heteroatoms. The Kier molecular flexibility index (Phi) is 4.70. The lowest BCUT2D eigenvalue weighted by Crippen LogP contribution is -2.45. The predicted octanol–water partition coefficient (Wildman–Crippen LogP) is 2.97. The normalized spacial score (nSPS) is 14.6. The number of benzene rings is 1. The Labute approximate surface area is 135 Å². The van der Waals surface area contributed by atoms with Crippen molar-refractivity contribution >= 4 is 5.70 Å². The second kappa shape index (κ2) is 7.08. The van der Waals surface area contributed by atoms with Gasteiger partial charge in [0.25, 0.3) is 0 Å². The molecule has 1 N–H and O–H groups in total. The molecular weight excluding hydrogens is 291 g/mol. The van der Waals surface area contributed by atoms with Crippen LogP contribution in [0.2, 0.25) is 0 Å². The minimum Gasteiger partial charge on any atom is -0.377 e. The van der Waals surface area contributed by atoms with Gasteiger partial charge in [-0.2, -0.15) is 0 Å². The summed E-state index contributed by atoms with van der Waals surface area (Å²) in [6, 6.07) is 10.4. The molecule has 0 atom stereocenters. The number of pyridine rings is 1. The standard InChI is InChI=1S/C19H17FN2O/c1-2-18(22-17-12-23-13-17)19-9-8-15(11-21-19)7-6-14-4-3-5-16(20)10-14/h2-5,8-11,17,22H,12-13H2,1H3. The van der Waals surface area contributed by atoms with Crippen LogP contribution in [-0.2, 0) is 4.74 Å². The monoisotopic (exact) mass is 308 g/mol. The lowest BCUT2D eigenvalue weighted by molar-refractivity contribution is 0.00202. The maximum atomic E-state index is 13.1. The first-order chi connectivity index (χ1) is 11.2. The van der Waals surface area contributed by atoms with Crippen LogP contribution >= 0.6 is 0 Å². The van der Waals surface area contributed by atoms with E-state index in [1.165, 1.54) is 12.1 Å². The number of nitrogens with one attached hydrogen (secondary N) is 1. The number of halogens is 1. The molecule has 3 rings (SSSR count). The predicted molar refractivity (Wildman–Crippen MR) is 88.0 cm³/mol. The molecular formula is C19H17FN2O. The van der Waals surface area contributed by atoms with E-state index in [0.717, 1.165) is 30.2 Å². The highest BCUT2D eigenvalue weighted by Crippen LogP contribution is 2.13. The van der Waals surface area contributed by atoms with Crippen LogP contribution < -0.4 is 5.32 Å². The van der Waals surface area contributed by atoms with Crippen LogP contribution in [0.1, 0.15) is 23.7 Å². The van der Waals surface area contributed by atoms with E-state index in [1.807, 2.05) is 25.1 Å². The van der Waals surface area contributed by atoms with E-state index in [2.05, 4.69) is 22.1 Å². The lowest BCUT2D eigenvalue weighted by Gasteiger charge is -2.28. The molecule has 0 saturated carbocycles. The van der Waals surface area contributed by atoms with Crippen molar-refractivity contribution in [3.05, 3.63) is 71.3 Å². The Morgan fingerprint density at radius 3 is 2.70 bits per heavy atom. The Morgan fingerprint density at radius 1 is 1.26 bits per heavy atom. The number of hydrogen-bond donors (Lipinski definition) is 1. The van der Waals surface area contributed by atoms with Crippen LogP contribution in [0.3, 0.4) is 0 Å². The molecule has 3 nitrogen and oxygen atoms in total. The van der Waals surface area contributed by atoms with Crippen molar-refractivity contribution in [2.24, 2.45) is 0 Å². The average molecular weight is 308 g/mol. The van der Waals surface area contributed by atoms with E-state index >= 15 is 0 Å². The van der Waals surface area contributed by atoms with Crippen LogP contribution in [-0.4, -0.2) is 24.2 Å². The Hall–Kier alpha value is -2.64. The zero-order valence-corrected chi connectivity index (χ0v) is 12.8. The van der Waals surface area contributed by atoms with Crippen molar-refractivity contribution < 1.29 is 9.13 Å². The highest BCUT2D eigenvalue weighted by atomic mass is 19.1. The first kappa shape index (κ1) is 15.3. The quantitative estimate of drug-likeness (QED) is 0.885. The third-order valence-corrected chi connectivity index (χ3v) is 3.50. The maximum absolute atomic E-state index is 13.1. The number of aromatic nitrogens is 1. The zero-order chi connectivity index (χ0) is 16.1. The number of rotatable bonds is 3. The second-order valence-corrected chi connectivity index (χ2v) is 5.27. The van der Waals surface area contributed by atoms with Crippen molar-refractivity contribution in [3.63, 3.8) is 0 Å². The number of nitrogens with zero attached hydrogens (tertiary/aromatic N) is 1. The van der Waals surface area contributed by atoms with Gasteiger partial charge in [0.2, 0.25) is 0 Å². The van der Waals surface area contributed by atoms with E-state index < -0.39 is 0 Å². The summed E-state index contributed by atoms with van der Waals surface area (Å²) in [6.45, 7) is 3.43. The van der Waals surface area contributed by atoms with Crippen molar-refractivity contribution in [3.8, 4) is 11.8 Å². The minimum absolute atomic E-state index is 0.283. The molecule has 1 fully saturated rings. The third-order valence-electron chi connectivity index (χ3n) is 3.50. The molecule has 0 unspecified atom stereocenters. The fraction of sp³-hybridized carbons (Fsp3) is 0.211. The van der Waals surface area contributed by atoms with Crippen molar-refractivity contribution in [2.45, 2.75) is 13.0 Å². The molecule has 1 aliphatic heterocycles. The molecule has 1 aromatic heterocycles. The number of ether oxygens (including phenoxy) is 1. The Morgan fingerprint density at radius 2 is 2.09 bits per heavy atom. The smallest absolute Gasteiger partial charge is 0.124 e. The summed E-state index contributed by atoms with van der Waals surface area (Å²) in [7, 11) is 0. The summed E-state index contributed by atoms with van der Waals surface area (Å²) < 4.78 is 18.3. The SMILES string of the molecule is CC=C(NC1COC1)c1ccc(C#Cc2cccc(F)c2)cn1. The van der Waals surface area contributed by atoms with Gasteiger partial charge in [0.05, 0.1) is 30.6 Å². The highest BCUT2D eigenvalue weighted by molar-refractivity contribution is 5.61. The molecule has 0 aliphatic carbocycles. The Balaban J connectivity index is 1.71.